The van der Waals surface area contributed by atoms with Gasteiger partial charge in [-0.1, -0.05) is 6.07 Å². The van der Waals surface area contributed by atoms with Crippen molar-refractivity contribution in [2.75, 3.05) is 19.5 Å². The van der Waals surface area contributed by atoms with Crippen molar-refractivity contribution < 1.29 is 14.3 Å². The lowest BCUT2D eigenvalue weighted by molar-refractivity contribution is 0.0601. The predicted molar refractivity (Wildman–Crippen MR) is 114 cm³/mol. The number of carbonyl (C=O) groups is 1. The molecule has 0 unspecified atom stereocenters. The number of methoxy groups -OCH3 is 2. The molecule has 0 bridgehead atoms. The number of ether oxygens (including phenoxy) is 2. The molecule has 0 amide bonds. The number of anilines is 2. The Kier molecular flexibility index (Phi) is 5.18. The summed E-state index contributed by atoms with van der Waals surface area (Å²) >= 11 is 3.41. The monoisotopic (exact) mass is 452 g/mol. The molecule has 0 atom stereocenters. The van der Waals surface area contributed by atoms with Gasteiger partial charge in [0.1, 0.15) is 21.9 Å². The topological polar surface area (TPSA) is 77.8 Å². The summed E-state index contributed by atoms with van der Waals surface area (Å²) < 4.78 is 12.6. The normalized spacial score (nSPS) is 10.7. The first-order valence-corrected chi connectivity index (χ1v) is 9.52. The van der Waals surface area contributed by atoms with Gasteiger partial charge in [-0.2, -0.15) is 0 Å². The average Bonchev–Trinajstić information content (AvgIpc) is 3.11. The molecule has 4 aromatic rings. The van der Waals surface area contributed by atoms with E-state index in [4.69, 9.17) is 14.5 Å². The van der Waals surface area contributed by atoms with Crippen molar-refractivity contribution in [3.63, 3.8) is 0 Å². The molecule has 146 valence electrons. The Morgan fingerprint density at radius 2 is 1.93 bits per heavy atom. The lowest BCUT2D eigenvalue weighted by Gasteiger charge is -2.10. The van der Waals surface area contributed by atoms with E-state index in [1.807, 2.05) is 40.9 Å². The highest BCUT2D eigenvalue weighted by atomic mass is 79.9. The van der Waals surface area contributed by atoms with Crippen LogP contribution in [0, 0.1) is 0 Å². The highest BCUT2D eigenvalue weighted by molar-refractivity contribution is 9.10. The Morgan fingerprint density at radius 1 is 1.14 bits per heavy atom. The third-order valence-corrected chi connectivity index (χ3v) is 4.80. The van der Waals surface area contributed by atoms with Crippen molar-refractivity contribution in [2.45, 2.75) is 0 Å². The van der Waals surface area contributed by atoms with Gasteiger partial charge in [0.25, 0.3) is 0 Å². The smallest absolute Gasteiger partial charge is 0.337 e. The number of hydrogen-bond acceptors (Lipinski definition) is 6. The molecule has 2 aromatic heterocycles. The second-order valence-electron chi connectivity index (χ2n) is 6.17. The van der Waals surface area contributed by atoms with Gasteiger partial charge in [-0.05, 0) is 58.4 Å². The van der Waals surface area contributed by atoms with E-state index in [0.717, 1.165) is 28.5 Å². The molecule has 2 heterocycles. The van der Waals surface area contributed by atoms with Gasteiger partial charge in [-0.15, -0.1) is 0 Å². The van der Waals surface area contributed by atoms with E-state index in [2.05, 4.69) is 26.2 Å². The highest BCUT2D eigenvalue weighted by Crippen LogP contribution is 2.32. The summed E-state index contributed by atoms with van der Waals surface area (Å²) in [6, 6.07) is 14.8. The third kappa shape index (κ3) is 3.79. The van der Waals surface area contributed by atoms with Crippen LogP contribution >= 0.6 is 15.9 Å². The van der Waals surface area contributed by atoms with Gasteiger partial charge in [0.05, 0.1) is 26.0 Å². The number of imidazole rings is 1. The lowest BCUT2D eigenvalue weighted by atomic mass is 10.1. The molecule has 4 rings (SSSR count). The van der Waals surface area contributed by atoms with Crippen LogP contribution in [0.4, 0.5) is 11.5 Å². The van der Waals surface area contributed by atoms with E-state index in [-0.39, 0.29) is 0 Å². The summed E-state index contributed by atoms with van der Waals surface area (Å²) in [4.78, 5) is 20.9. The molecule has 0 spiro atoms. The quantitative estimate of drug-likeness (QED) is 0.442. The van der Waals surface area contributed by atoms with E-state index >= 15 is 0 Å². The van der Waals surface area contributed by atoms with Crippen LogP contribution in [0.1, 0.15) is 10.4 Å². The van der Waals surface area contributed by atoms with Gasteiger partial charge in [0.2, 0.25) is 0 Å². The molecule has 0 fully saturated rings. The average molecular weight is 453 g/mol. The van der Waals surface area contributed by atoms with Crippen LogP contribution in [0.15, 0.2) is 65.5 Å². The Morgan fingerprint density at radius 3 is 2.66 bits per heavy atom. The molecule has 29 heavy (non-hydrogen) atoms. The van der Waals surface area contributed by atoms with E-state index in [1.165, 1.54) is 7.11 Å². The zero-order valence-corrected chi connectivity index (χ0v) is 17.3. The minimum Gasteiger partial charge on any atom is -0.497 e. The lowest BCUT2D eigenvalue weighted by Crippen LogP contribution is -2.03. The van der Waals surface area contributed by atoms with Gasteiger partial charge in [0, 0.05) is 17.4 Å². The third-order valence-electron chi connectivity index (χ3n) is 4.39. The SMILES string of the molecule is COC(=O)c1cccc(Nc2c(-c3ccc(OC)cc3)nc3cnc(Br)cn23)c1. The molecular weight excluding hydrogens is 436 g/mol. The molecular formula is C21H17BrN4O3. The fourth-order valence-corrected chi connectivity index (χ4v) is 3.29. The zero-order valence-electron chi connectivity index (χ0n) is 15.7. The van der Waals surface area contributed by atoms with Gasteiger partial charge < -0.3 is 14.8 Å². The van der Waals surface area contributed by atoms with E-state index in [0.29, 0.717) is 15.8 Å². The first-order valence-electron chi connectivity index (χ1n) is 8.72. The Hall–Kier alpha value is -3.39. The number of carbonyl (C=O) groups excluding carboxylic acids is 1. The molecule has 8 heteroatoms. The van der Waals surface area contributed by atoms with Gasteiger partial charge in [0.15, 0.2) is 5.65 Å². The Labute approximate surface area is 175 Å². The highest BCUT2D eigenvalue weighted by Gasteiger charge is 2.16. The maximum Gasteiger partial charge on any atom is 0.337 e. The van der Waals surface area contributed by atoms with E-state index in [9.17, 15) is 4.79 Å². The Balaban J connectivity index is 1.83. The summed E-state index contributed by atoms with van der Waals surface area (Å²) in [5, 5.41) is 3.38. The predicted octanol–water partition coefficient (Wildman–Crippen LogP) is 4.70. The Bertz CT molecular complexity index is 1190. The molecule has 2 aromatic carbocycles. The molecule has 0 saturated carbocycles. The van der Waals surface area contributed by atoms with Crippen LogP contribution in [0.25, 0.3) is 16.9 Å². The molecule has 0 aliphatic heterocycles. The summed E-state index contributed by atoms with van der Waals surface area (Å²) in [6.45, 7) is 0. The number of esters is 1. The minimum absolute atomic E-state index is 0.394. The molecule has 7 nitrogen and oxygen atoms in total. The van der Waals surface area contributed by atoms with E-state index in [1.54, 1.807) is 31.5 Å². The maximum atomic E-state index is 11.9. The van der Waals surface area contributed by atoms with Crippen LogP contribution in [0.5, 0.6) is 5.75 Å². The number of rotatable bonds is 5. The standard InChI is InChI=1S/C21H17BrN4O3/c1-28-16-8-6-13(7-9-16)19-20(26-12-17(22)23-11-18(26)25-19)24-15-5-3-4-14(10-15)21(27)29-2/h3-12,24H,1-2H3. The van der Waals surface area contributed by atoms with Gasteiger partial charge in [-0.25, -0.2) is 14.8 Å². The number of aromatic nitrogens is 3. The van der Waals surface area contributed by atoms with Crippen LogP contribution in [-0.2, 0) is 4.74 Å². The first kappa shape index (κ1) is 18.9. The maximum absolute atomic E-state index is 11.9. The summed E-state index contributed by atoms with van der Waals surface area (Å²) in [5.74, 6) is 1.12. The summed E-state index contributed by atoms with van der Waals surface area (Å²) in [7, 11) is 2.99. The molecule has 0 aliphatic rings. The number of halogens is 1. The summed E-state index contributed by atoms with van der Waals surface area (Å²) in [5.41, 5.74) is 3.54. The number of nitrogens with one attached hydrogen (secondary N) is 1. The van der Waals surface area contributed by atoms with Crippen LogP contribution in [0.3, 0.4) is 0 Å². The van der Waals surface area contributed by atoms with E-state index < -0.39 is 5.97 Å². The van der Waals surface area contributed by atoms with Crippen molar-refractivity contribution in [1.82, 2.24) is 14.4 Å². The largest absolute Gasteiger partial charge is 0.497 e. The summed E-state index contributed by atoms with van der Waals surface area (Å²) in [6.07, 6.45) is 3.52. The zero-order chi connectivity index (χ0) is 20.4. The van der Waals surface area contributed by atoms with Crippen LogP contribution in [0.2, 0.25) is 0 Å². The molecule has 1 N–H and O–H groups in total. The van der Waals surface area contributed by atoms with Crippen molar-refractivity contribution in [1.29, 1.82) is 0 Å². The number of nitrogens with zero attached hydrogens (tertiary/aromatic N) is 3. The fourth-order valence-electron chi connectivity index (χ4n) is 2.98. The van der Waals surface area contributed by atoms with Gasteiger partial charge >= 0.3 is 5.97 Å². The second kappa shape index (κ2) is 7.92. The number of fused-ring (bicyclic) bond motifs is 1. The van der Waals surface area contributed by atoms with Crippen LogP contribution in [-0.4, -0.2) is 34.6 Å². The fraction of sp³-hybridized carbons (Fsp3) is 0.0952. The van der Waals surface area contributed by atoms with Crippen molar-refractivity contribution in [3.05, 3.63) is 71.1 Å². The van der Waals surface area contributed by atoms with Crippen LogP contribution < -0.4 is 10.1 Å². The van der Waals surface area contributed by atoms with Crippen molar-refractivity contribution >= 4 is 39.1 Å². The number of benzene rings is 2. The van der Waals surface area contributed by atoms with Crippen molar-refractivity contribution in [2.24, 2.45) is 0 Å². The van der Waals surface area contributed by atoms with Crippen molar-refractivity contribution in [3.8, 4) is 17.0 Å². The molecule has 0 radical (unpaired) electrons. The number of hydrogen-bond donors (Lipinski definition) is 1. The minimum atomic E-state index is -0.394. The van der Waals surface area contributed by atoms with Gasteiger partial charge in [-0.3, -0.25) is 4.40 Å². The molecule has 0 aliphatic carbocycles. The first-order chi connectivity index (χ1) is 14.1. The second-order valence-corrected chi connectivity index (χ2v) is 6.99. The molecule has 0 saturated heterocycles.